The van der Waals surface area contributed by atoms with Gasteiger partial charge in [-0.1, -0.05) is 24.3 Å². The summed E-state index contributed by atoms with van der Waals surface area (Å²) >= 11 is 0. The van der Waals surface area contributed by atoms with Gasteiger partial charge in [0.05, 0.1) is 6.42 Å². The van der Waals surface area contributed by atoms with Crippen LogP contribution in [-0.4, -0.2) is 6.18 Å². The van der Waals surface area contributed by atoms with Gasteiger partial charge in [-0.05, 0) is 36.3 Å². The molecule has 1 aromatic carbocycles. The van der Waals surface area contributed by atoms with Crippen molar-refractivity contribution in [3.63, 3.8) is 0 Å². The lowest BCUT2D eigenvalue weighted by Crippen LogP contribution is -2.18. The summed E-state index contributed by atoms with van der Waals surface area (Å²) in [5, 5.41) is 0. The van der Waals surface area contributed by atoms with Gasteiger partial charge in [0.2, 0.25) is 0 Å². The summed E-state index contributed by atoms with van der Waals surface area (Å²) < 4.78 is 37.0. The standard InChI is InChI=1S/C12H13F3/c13-12(14,15)8-10-6-3-5-9-4-1-2-7-11(9)10/h1-2,4,7,10H,3,5-6,8H2/t10-/m0/s1. The Hall–Kier alpha value is -0.990. The molecule has 0 radical (unpaired) electrons. The number of hydrogen-bond acceptors (Lipinski definition) is 0. The molecule has 0 fully saturated rings. The van der Waals surface area contributed by atoms with Crippen molar-refractivity contribution < 1.29 is 13.2 Å². The SMILES string of the molecule is FC(F)(F)C[C@@H]1CCCc2ccccc21. The summed E-state index contributed by atoms with van der Waals surface area (Å²) in [5.41, 5.74) is 2.00. The highest BCUT2D eigenvalue weighted by Crippen LogP contribution is 2.39. The Morgan fingerprint density at radius 1 is 1.20 bits per heavy atom. The third-order valence-corrected chi connectivity index (χ3v) is 2.97. The van der Waals surface area contributed by atoms with E-state index in [1.54, 1.807) is 0 Å². The van der Waals surface area contributed by atoms with Crippen LogP contribution in [0.25, 0.3) is 0 Å². The molecule has 1 aliphatic carbocycles. The summed E-state index contributed by atoms with van der Waals surface area (Å²) in [4.78, 5) is 0. The Kier molecular flexibility index (Phi) is 2.72. The first-order chi connectivity index (χ1) is 7.06. The Morgan fingerprint density at radius 3 is 2.67 bits per heavy atom. The largest absolute Gasteiger partial charge is 0.389 e. The van der Waals surface area contributed by atoms with Gasteiger partial charge in [0, 0.05) is 0 Å². The van der Waals surface area contributed by atoms with Gasteiger partial charge < -0.3 is 0 Å². The van der Waals surface area contributed by atoms with Gasteiger partial charge in [0.25, 0.3) is 0 Å². The Labute approximate surface area is 87.1 Å². The summed E-state index contributed by atoms with van der Waals surface area (Å²) in [6, 6.07) is 7.51. The highest BCUT2D eigenvalue weighted by Gasteiger charge is 2.34. The van der Waals surface area contributed by atoms with Gasteiger partial charge in [-0.2, -0.15) is 13.2 Å². The van der Waals surface area contributed by atoms with Crippen LogP contribution >= 0.6 is 0 Å². The monoisotopic (exact) mass is 214 g/mol. The summed E-state index contributed by atoms with van der Waals surface area (Å²) in [7, 11) is 0. The van der Waals surface area contributed by atoms with E-state index in [-0.39, 0.29) is 5.92 Å². The molecule has 0 heterocycles. The average Bonchev–Trinajstić information content (AvgIpc) is 2.16. The van der Waals surface area contributed by atoms with Gasteiger partial charge >= 0.3 is 6.18 Å². The number of halogens is 3. The molecule has 1 atom stereocenters. The van der Waals surface area contributed by atoms with Crippen molar-refractivity contribution in [3.8, 4) is 0 Å². The molecule has 0 unspecified atom stereocenters. The maximum atomic E-state index is 12.3. The second-order valence-electron chi connectivity index (χ2n) is 4.11. The molecular weight excluding hydrogens is 201 g/mol. The molecule has 0 bridgehead atoms. The number of alkyl halides is 3. The molecule has 3 heteroatoms. The molecule has 1 aromatic rings. The third kappa shape index (κ3) is 2.52. The topological polar surface area (TPSA) is 0 Å². The van der Waals surface area contributed by atoms with E-state index in [1.807, 2.05) is 24.3 Å². The van der Waals surface area contributed by atoms with Crippen LogP contribution < -0.4 is 0 Å². The molecule has 0 nitrogen and oxygen atoms in total. The number of hydrogen-bond donors (Lipinski definition) is 0. The predicted molar refractivity (Wildman–Crippen MR) is 52.8 cm³/mol. The van der Waals surface area contributed by atoms with E-state index in [0.29, 0.717) is 6.42 Å². The molecule has 0 N–H and O–H groups in total. The second kappa shape index (κ2) is 3.87. The first-order valence-corrected chi connectivity index (χ1v) is 5.21. The first-order valence-electron chi connectivity index (χ1n) is 5.21. The fourth-order valence-corrected chi connectivity index (χ4v) is 2.35. The fraction of sp³-hybridized carbons (Fsp3) is 0.500. The number of aryl methyl sites for hydroxylation is 1. The van der Waals surface area contributed by atoms with Crippen LogP contribution in [0.2, 0.25) is 0 Å². The quantitative estimate of drug-likeness (QED) is 0.661. The summed E-state index contributed by atoms with van der Waals surface area (Å²) in [5.74, 6) is -0.324. The zero-order chi connectivity index (χ0) is 10.9. The van der Waals surface area contributed by atoms with Gasteiger partial charge in [0.1, 0.15) is 0 Å². The Bertz CT molecular complexity index is 341. The zero-order valence-corrected chi connectivity index (χ0v) is 8.35. The van der Waals surface area contributed by atoms with Crippen LogP contribution in [-0.2, 0) is 6.42 Å². The van der Waals surface area contributed by atoms with Crippen molar-refractivity contribution in [2.45, 2.75) is 37.8 Å². The van der Waals surface area contributed by atoms with Gasteiger partial charge in [-0.25, -0.2) is 0 Å². The molecule has 15 heavy (non-hydrogen) atoms. The van der Waals surface area contributed by atoms with Crippen molar-refractivity contribution >= 4 is 0 Å². The first kappa shape index (κ1) is 10.5. The molecule has 0 amide bonds. The van der Waals surface area contributed by atoms with E-state index >= 15 is 0 Å². The van der Waals surface area contributed by atoms with E-state index in [9.17, 15) is 13.2 Å². The van der Waals surface area contributed by atoms with E-state index in [1.165, 1.54) is 0 Å². The van der Waals surface area contributed by atoms with Crippen molar-refractivity contribution in [1.82, 2.24) is 0 Å². The number of fused-ring (bicyclic) bond motifs is 1. The maximum absolute atomic E-state index is 12.3. The van der Waals surface area contributed by atoms with Crippen molar-refractivity contribution in [3.05, 3.63) is 35.4 Å². The van der Waals surface area contributed by atoms with Crippen molar-refractivity contribution in [2.24, 2.45) is 0 Å². The molecular formula is C12H13F3. The van der Waals surface area contributed by atoms with Gasteiger partial charge in [-0.3, -0.25) is 0 Å². The highest BCUT2D eigenvalue weighted by atomic mass is 19.4. The van der Waals surface area contributed by atoms with Gasteiger partial charge in [0.15, 0.2) is 0 Å². The van der Waals surface area contributed by atoms with Crippen LogP contribution in [0.15, 0.2) is 24.3 Å². The number of rotatable bonds is 1. The molecule has 0 aromatic heterocycles. The molecule has 1 aliphatic rings. The van der Waals surface area contributed by atoms with E-state index in [0.717, 1.165) is 24.0 Å². The minimum Gasteiger partial charge on any atom is -0.171 e. The minimum absolute atomic E-state index is 0.324. The zero-order valence-electron chi connectivity index (χ0n) is 8.35. The molecule has 82 valence electrons. The Morgan fingerprint density at radius 2 is 1.93 bits per heavy atom. The predicted octanol–water partition coefficient (Wildman–Crippen LogP) is 4.06. The van der Waals surface area contributed by atoms with Crippen molar-refractivity contribution in [2.75, 3.05) is 0 Å². The fourth-order valence-electron chi connectivity index (χ4n) is 2.35. The van der Waals surface area contributed by atoms with Crippen LogP contribution in [0.3, 0.4) is 0 Å². The van der Waals surface area contributed by atoms with E-state index < -0.39 is 12.6 Å². The second-order valence-corrected chi connectivity index (χ2v) is 4.11. The lowest BCUT2D eigenvalue weighted by atomic mass is 9.81. The third-order valence-electron chi connectivity index (χ3n) is 2.97. The number of benzene rings is 1. The molecule has 2 rings (SSSR count). The van der Waals surface area contributed by atoms with Gasteiger partial charge in [-0.15, -0.1) is 0 Å². The summed E-state index contributed by atoms with van der Waals surface area (Å²) in [6.07, 6.45) is -2.27. The van der Waals surface area contributed by atoms with E-state index in [2.05, 4.69) is 0 Å². The summed E-state index contributed by atoms with van der Waals surface area (Å²) in [6.45, 7) is 0. The molecule has 0 saturated heterocycles. The lowest BCUT2D eigenvalue weighted by Gasteiger charge is -2.26. The normalized spacial score (nSPS) is 21.1. The van der Waals surface area contributed by atoms with E-state index in [4.69, 9.17) is 0 Å². The smallest absolute Gasteiger partial charge is 0.171 e. The van der Waals surface area contributed by atoms with Crippen LogP contribution in [0.5, 0.6) is 0 Å². The lowest BCUT2D eigenvalue weighted by molar-refractivity contribution is -0.139. The van der Waals surface area contributed by atoms with Crippen LogP contribution in [0.1, 0.15) is 36.3 Å². The minimum atomic E-state index is -4.05. The maximum Gasteiger partial charge on any atom is 0.389 e. The van der Waals surface area contributed by atoms with Crippen molar-refractivity contribution in [1.29, 1.82) is 0 Å². The van der Waals surface area contributed by atoms with Crippen LogP contribution in [0, 0.1) is 0 Å². The average molecular weight is 214 g/mol. The molecule has 0 aliphatic heterocycles. The molecule has 0 spiro atoms. The highest BCUT2D eigenvalue weighted by molar-refractivity contribution is 5.32. The molecule has 0 saturated carbocycles. The Balaban J connectivity index is 2.22. The van der Waals surface area contributed by atoms with Crippen LogP contribution in [0.4, 0.5) is 13.2 Å².